The molecule has 1 aliphatic heterocycles. The first-order chi connectivity index (χ1) is 8.16. The molecule has 0 spiro atoms. The third kappa shape index (κ3) is 3.27. The van der Waals surface area contributed by atoms with Crippen LogP contribution in [0.2, 0.25) is 0 Å². The third-order valence-corrected chi connectivity index (χ3v) is 3.67. The van der Waals surface area contributed by atoms with Crippen molar-refractivity contribution in [2.75, 3.05) is 20.1 Å². The molecule has 0 radical (unpaired) electrons. The van der Waals surface area contributed by atoms with Gasteiger partial charge < -0.3 is 10.2 Å². The molecule has 0 aromatic heterocycles. The van der Waals surface area contributed by atoms with Crippen LogP contribution in [-0.4, -0.2) is 37.1 Å². The summed E-state index contributed by atoms with van der Waals surface area (Å²) in [6.45, 7) is 4.20. The molecule has 0 bridgehead atoms. The van der Waals surface area contributed by atoms with Gasteiger partial charge in [-0.2, -0.15) is 0 Å². The van der Waals surface area contributed by atoms with Gasteiger partial charge in [-0.3, -0.25) is 0 Å². The molecular weight excluding hydrogens is 215 g/mol. The summed E-state index contributed by atoms with van der Waals surface area (Å²) in [5.74, 6) is -0.0915. The van der Waals surface area contributed by atoms with Crippen molar-refractivity contribution in [3.05, 3.63) is 35.6 Å². The maximum Gasteiger partial charge on any atom is 0.126 e. The van der Waals surface area contributed by atoms with E-state index in [-0.39, 0.29) is 5.82 Å². The number of rotatable bonds is 4. The standard InChI is InChI=1S/C14H21FN2/c1-11-9-13(10-17(11)2)16-8-7-12-5-3-4-6-14(12)15/h3-6,11,13,16H,7-10H2,1-2H3. The molecule has 17 heavy (non-hydrogen) atoms. The Bertz CT molecular complexity index is 357. The van der Waals surface area contributed by atoms with Gasteiger partial charge in [0.15, 0.2) is 0 Å². The number of halogens is 1. The zero-order chi connectivity index (χ0) is 12.3. The molecule has 0 aliphatic carbocycles. The van der Waals surface area contributed by atoms with E-state index in [1.165, 1.54) is 12.5 Å². The van der Waals surface area contributed by atoms with Gasteiger partial charge >= 0.3 is 0 Å². The van der Waals surface area contributed by atoms with Crippen molar-refractivity contribution in [2.24, 2.45) is 0 Å². The van der Waals surface area contributed by atoms with Crippen LogP contribution < -0.4 is 5.32 Å². The monoisotopic (exact) mass is 236 g/mol. The molecule has 0 amide bonds. The summed E-state index contributed by atoms with van der Waals surface area (Å²) < 4.78 is 13.4. The lowest BCUT2D eigenvalue weighted by atomic mass is 10.1. The van der Waals surface area contributed by atoms with Gasteiger partial charge in [0, 0.05) is 18.6 Å². The van der Waals surface area contributed by atoms with E-state index < -0.39 is 0 Å². The Balaban J connectivity index is 1.75. The number of likely N-dealkylation sites (N-methyl/N-ethyl adjacent to an activating group) is 1. The first-order valence-corrected chi connectivity index (χ1v) is 6.34. The fourth-order valence-electron chi connectivity index (χ4n) is 2.45. The molecule has 1 fully saturated rings. The summed E-state index contributed by atoms with van der Waals surface area (Å²) in [6, 6.07) is 8.23. The van der Waals surface area contributed by atoms with Gasteiger partial charge in [-0.05, 0) is 45.0 Å². The van der Waals surface area contributed by atoms with Gasteiger partial charge in [-0.25, -0.2) is 4.39 Å². The lowest BCUT2D eigenvalue weighted by molar-refractivity contribution is 0.327. The first-order valence-electron chi connectivity index (χ1n) is 6.34. The fourth-order valence-corrected chi connectivity index (χ4v) is 2.45. The molecule has 2 rings (SSSR count). The molecule has 2 atom stereocenters. The average molecular weight is 236 g/mol. The van der Waals surface area contributed by atoms with Crippen molar-refractivity contribution in [1.29, 1.82) is 0 Å². The molecule has 1 N–H and O–H groups in total. The van der Waals surface area contributed by atoms with E-state index in [2.05, 4.69) is 24.2 Å². The van der Waals surface area contributed by atoms with E-state index >= 15 is 0 Å². The molecule has 3 heteroatoms. The molecule has 1 aliphatic rings. The Morgan fingerprint density at radius 2 is 2.18 bits per heavy atom. The third-order valence-electron chi connectivity index (χ3n) is 3.67. The van der Waals surface area contributed by atoms with Crippen molar-refractivity contribution in [3.8, 4) is 0 Å². The van der Waals surface area contributed by atoms with E-state index in [0.717, 1.165) is 25.1 Å². The smallest absolute Gasteiger partial charge is 0.126 e. The first kappa shape index (κ1) is 12.5. The van der Waals surface area contributed by atoms with Gasteiger partial charge in [-0.15, -0.1) is 0 Å². The molecule has 1 aromatic rings. The average Bonchev–Trinajstić information content (AvgIpc) is 2.61. The van der Waals surface area contributed by atoms with Crippen LogP contribution in [0.15, 0.2) is 24.3 Å². The number of hydrogen-bond acceptors (Lipinski definition) is 2. The summed E-state index contributed by atoms with van der Waals surface area (Å²) in [7, 11) is 2.16. The van der Waals surface area contributed by atoms with E-state index in [0.29, 0.717) is 12.1 Å². The van der Waals surface area contributed by atoms with Crippen molar-refractivity contribution < 1.29 is 4.39 Å². The number of nitrogens with zero attached hydrogens (tertiary/aromatic N) is 1. The van der Waals surface area contributed by atoms with Crippen molar-refractivity contribution in [2.45, 2.75) is 31.8 Å². The largest absolute Gasteiger partial charge is 0.312 e. The Hall–Kier alpha value is -0.930. The molecule has 0 saturated carbocycles. The topological polar surface area (TPSA) is 15.3 Å². The normalized spacial score (nSPS) is 25.4. The second-order valence-corrected chi connectivity index (χ2v) is 5.02. The zero-order valence-electron chi connectivity index (χ0n) is 10.6. The summed E-state index contributed by atoms with van der Waals surface area (Å²) in [4.78, 5) is 2.36. The minimum atomic E-state index is -0.0915. The van der Waals surface area contributed by atoms with Gasteiger partial charge in [0.2, 0.25) is 0 Å². The summed E-state index contributed by atoms with van der Waals surface area (Å²) in [5, 5.41) is 3.51. The predicted octanol–water partition coefficient (Wildman–Crippen LogP) is 2.05. The second kappa shape index (κ2) is 5.61. The van der Waals surface area contributed by atoms with E-state index in [1.807, 2.05) is 12.1 Å². The summed E-state index contributed by atoms with van der Waals surface area (Å²) in [6.07, 6.45) is 1.95. The highest BCUT2D eigenvalue weighted by Crippen LogP contribution is 2.14. The lowest BCUT2D eigenvalue weighted by Gasteiger charge is -2.13. The second-order valence-electron chi connectivity index (χ2n) is 5.02. The van der Waals surface area contributed by atoms with Crippen LogP contribution in [0.4, 0.5) is 4.39 Å². The van der Waals surface area contributed by atoms with Crippen LogP contribution in [0.25, 0.3) is 0 Å². The van der Waals surface area contributed by atoms with Crippen molar-refractivity contribution >= 4 is 0 Å². The number of likely N-dealkylation sites (tertiary alicyclic amines) is 1. The van der Waals surface area contributed by atoms with Gasteiger partial charge in [0.1, 0.15) is 5.82 Å². The van der Waals surface area contributed by atoms with Crippen LogP contribution in [0.3, 0.4) is 0 Å². The van der Waals surface area contributed by atoms with Crippen molar-refractivity contribution in [1.82, 2.24) is 10.2 Å². The van der Waals surface area contributed by atoms with Crippen LogP contribution in [0.5, 0.6) is 0 Å². The maximum absolute atomic E-state index is 13.4. The van der Waals surface area contributed by atoms with Crippen molar-refractivity contribution in [3.63, 3.8) is 0 Å². The minimum Gasteiger partial charge on any atom is -0.312 e. The Morgan fingerprint density at radius 1 is 1.41 bits per heavy atom. The van der Waals surface area contributed by atoms with E-state index in [1.54, 1.807) is 6.07 Å². The molecule has 1 saturated heterocycles. The highest BCUT2D eigenvalue weighted by Gasteiger charge is 2.25. The lowest BCUT2D eigenvalue weighted by Crippen LogP contribution is -2.33. The molecule has 1 aromatic carbocycles. The van der Waals surface area contributed by atoms with Gasteiger partial charge in [-0.1, -0.05) is 18.2 Å². The Morgan fingerprint density at radius 3 is 2.82 bits per heavy atom. The fraction of sp³-hybridized carbons (Fsp3) is 0.571. The quantitative estimate of drug-likeness (QED) is 0.860. The van der Waals surface area contributed by atoms with Gasteiger partial charge in [0.25, 0.3) is 0 Å². The van der Waals surface area contributed by atoms with E-state index in [4.69, 9.17) is 0 Å². The maximum atomic E-state index is 13.4. The van der Waals surface area contributed by atoms with E-state index in [9.17, 15) is 4.39 Å². The van der Waals surface area contributed by atoms with Crippen LogP contribution >= 0.6 is 0 Å². The van der Waals surface area contributed by atoms with Gasteiger partial charge in [0.05, 0.1) is 0 Å². The molecule has 2 nitrogen and oxygen atoms in total. The highest BCUT2D eigenvalue weighted by molar-refractivity contribution is 5.17. The summed E-state index contributed by atoms with van der Waals surface area (Å²) >= 11 is 0. The highest BCUT2D eigenvalue weighted by atomic mass is 19.1. The molecule has 94 valence electrons. The molecule has 2 unspecified atom stereocenters. The number of benzene rings is 1. The predicted molar refractivity (Wildman–Crippen MR) is 68.6 cm³/mol. The molecular formula is C14H21FN2. The SMILES string of the molecule is CC1CC(NCCc2ccccc2F)CN1C. The number of nitrogens with one attached hydrogen (secondary N) is 1. The Kier molecular flexibility index (Phi) is 4.13. The number of hydrogen-bond donors (Lipinski definition) is 1. The van der Waals surface area contributed by atoms with Crippen LogP contribution in [0.1, 0.15) is 18.9 Å². The minimum absolute atomic E-state index is 0.0915. The van der Waals surface area contributed by atoms with Crippen LogP contribution in [-0.2, 0) is 6.42 Å². The van der Waals surface area contributed by atoms with Crippen LogP contribution in [0, 0.1) is 5.82 Å². The Labute approximate surface area is 103 Å². The summed E-state index contributed by atoms with van der Waals surface area (Å²) in [5.41, 5.74) is 0.805. The zero-order valence-corrected chi connectivity index (χ0v) is 10.6. The molecule has 1 heterocycles.